The van der Waals surface area contributed by atoms with Gasteiger partial charge in [0.2, 0.25) is 0 Å². The molecule has 1 aromatic heterocycles. The Hall–Kier alpha value is -8.72. The third kappa shape index (κ3) is 7.30. The second kappa shape index (κ2) is 18.5. The first kappa shape index (κ1) is 46.6. The second-order valence-corrected chi connectivity index (χ2v) is 22.8. The molecule has 0 N–H and O–H groups in total. The minimum absolute atomic E-state index is 0.0632. The van der Waals surface area contributed by atoms with Crippen molar-refractivity contribution < 1.29 is 0 Å². The van der Waals surface area contributed by atoms with Crippen molar-refractivity contribution in [2.24, 2.45) is 0 Å². The van der Waals surface area contributed by atoms with Crippen LogP contribution in [0.15, 0.2) is 276 Å². The van der Waals surface area contributed by atoms with Crippen LogP contribution in [0.25, 0.3) is 50.5 Å². The molecule has 9 aromatic rings. The van der Waals surface area contributed by atoms with Gasteiger partial charge in [-0.1, -0.05) is 214 Å². The zero-order valence-electron chi connectivity index (χ0n) is 44.6. The van der Waals surface area contributed by atoms with Crippen LogP contribution in [0.5, 0.6) is 0 Å². The Morgan fingerprint density at radius 2 is 1.05 bits per heavy atom. The number of allylic oxidation sites excluding steroid dienone is 11. The van der Waals surface area contributed by atoms with Gasteiger partial charge < -0.3 is 9.47 Å². The van der Waals surface area contributed by atoms with Crippen molar-refractivity contribution in [2.45, 2.75) is 75.7 Å². The van der Waals surface area contributed by atoms with Crippen molar-refractivity contribution in [3.8, 4) is 27.9 Å². The number of benzene rings is 8. The van der Waals surface area contributed by atoms with Gasteiger partial charge in [0.05, 0.1) is 17.0 Å². The van der Waals surface area contributed by atoms with Crippen LogP contribution in [0, 0.1) is 0 Å². The molecule has 78 heavy (non-hydrogen) atoms. The molecule has 1 atom stereocenters. The summed E-state index contributed by atoms with van der Waals surface area (Å²) < 4.78 is 2.49. The number of anilines is 1. The van der Waals surface area contributed by atoms with Gasteiger partial charge >= 0.3 is 0 Å². The average molecular weight is 1000 g/mol. The van der Waals surface area contributed by atoms with Crippen molar-refractivity contribution in [1.29, 1.82) is 0 Å². The fraction of sp³-hybridized carbons (Fsp3) is 0.158. The number of para-hydroxylation sites is 2. The van der Waals surface area contributed by atoms with E-state index in [9.17, 15) is 0 Å². The Bertz CT molecular complexity index is 4070. The Kier molecular flexibility index (Phi) is 11.0. The standard InChI is InChI=1S/C76H62N2/c1-75(2)69-27-15-12-24-63(69)65-45-44-62(50-72(65)75)77(60-40-34-52(35-41-60)51-30-32-53(33-31-51)56-39-47-74-68(49-56)66-26-14-17-29-73(66)78(74)59-22-10-5-11-23-59)61-42-36-54(37-43-61)55-38-46-71-67(48-55)64-25-13-16-28-70(64)76(71,57-18-6-3-7-19-57)58-20-8-4-9-21-58/h3-30,32,34,36-38,40,42-43,45-46,48-50,62H,31,33,35,39,41,44,47H2,1-2H3. The predicted octanol–water partition coefficient (Wildman–Crippen LogP) is 18.8. The molecule has 0 saturated heterocycles. The SMILES string of the molecule is CC1(C)C2=CC(N(C3=CC=C(C4=CC=C(C5=Cc6c(n(-c7ccccc7)c7ccccc67)CC5)CC4)CC3)c3ccc(-c4ccc5c(c4)-c4ccccc4C5(c4ccccc4)c4ccccc4)cc3)CC=C2c2ccccc21. The van der Waals surface area contributed by atoms with E-state index in [2.05, 4.69) is 272 Å². The number of hydrogen-bond donors (Lipinski definition) is 0. The van der Waals surface area contributed by atoms with Crippen LogP contribution in [0.3, 0.4) is 0 Å². The molecule has 1 unspecified atom stereocenters. The van der Waals surface area contributed by atoms with Gasteiger partial charge in [0.25, 0.3) is 0 Å². The van der Waals surface area contributed by atoms with Crippen molar-refractivity contribution in [3.63, 3.8) is 0 Å². The summed E-state index contributed by atoms with van der Waals surface area (Å²) in [5.41, 5.74) is 29.5. The van der Waals surface area contributed by atoms with Crippen LogP contribution >= 0.6 is 0 Å². The monoisotopic (exact) mass is 1000 g/mol. The second-order valence-electron chi connectivity index (χ2n) is 22.8. The summed E-state index contributed by atoms with van der Waals surface area (Å²) in [5.74, 6) is 0. The first-order valence-corrected chi connectivity index (χ1v) is 28.4. The number of fused-ring (bicyclic) bond motifs is 9. The smallest absolute Gasteiger partial charge is 0.0713 e. The number of hydrogen-bond acceptors (Lipinski definition) is 1. The largest absolute Gasteiger partial charge is 0.338 e. The molecule has 376 valence electrons. The van der Waals surface area contributed by atoms with E-state index in [1.807, 2.05) is 0 Å². The van der Waals surface area contributed by atoms with Gasteiger partial charge in [-0.25, -0.2) is 0 Å². The zero-order chi connectivity index (χ0) is 52.0. The van der Waals surface area contributed by atoms with Gasteiger partial charge in [-0.05, 0) is 183 Å². The summed E-state index contributed by atoms with van der Waals surface area (Å²) in [4.78, 5) is 2.68. The fourth-order valence-electron chi connectivity index (χ4n) is 14.7. The Balaban J connectivity index is 0.763. The molecular weight excluding hydrogens is 941 g/mol. The average Bonchev–Trinajstić information content (AvgIpc) is 4.31. The predicted molar refractivity (Wildman–Crippen MR) is 326 cm³/mol. The molecule has 6 aliphatic rings. The van der Waals surface area contributed by atoms with Gasteiger partial charge in [-0.2, -0.15) is 0 Å². The van der Waals surface area contributed by atoms with Crippen molar-refractivity contribution in [2.75, 3.05) is 4.90 Å². The van der Waals surface area contributed by atoms with E-state index < -0.39 is 5.41 Å². The van der Waals surface area contributed by atoms with Crippen LogP contribution in [0.2, 0.25) is 0 Å². The Labute approximate surface area is 459 Å². The van der Waals surface area contributed by atoms with Crippen molar-refractivity contribution in [1.82, 2.24) is 4.57 Å². The number of aromatic nitrogens is 1. The molecule has 8 aromatic carbocycles. The molecule has 0 spiro atoms. The van der Waals surface area contributed by atoms with E-state index in [1.54, 1.807) is 0 Å². The van der Waals surface area contributed by atoms with Gasteiger partial charge in [0.1, 0.15) is 0 Å². The Morgan fingerprint density at radius 1 is 0.474 bits per heavy atom. The topological polar surface area (TPSA) is 8.17 Å². The molecule has 15 rings (SSSR count). The Morgan fingerprint density at radius 3 is 1.76 bits per heavy atom. The maximum atomic E-state index is 2.68. The van der Waals surface area contributed by atoms with Gasteiger partial charge in [0, 0.05) is 39.1 Å². The maximum Gasteiger partial charge on any atom is 0.0713 e. The van der Waals surface area contributed by atoms with Crippen LogP contribution in [-0.2, 0) is 17.3 Å². The molecule has 2 nitrogen and oxygen atoms in total. The highest BCUT2D eigenvalue weighted by Crippen LogP contribution is 2.57. The third-order valence-corrected chi connectivity index (χ3v) is 18.4. The van der Waals surface area contributed by atoms with Gasteiger partial charge in [0.15, 0.2) is 0 Å². The lowest BCUT2D eigenvalue weighted by atomic mass is 9.67. The summed E-state index contributed by atoms with van der Waals surface area (Å²) in [6.07, 6.45) is 24.7. The van der Waals surface area contributed by atoms with E-state index in [0.717, 1.165) is 44.9 Å². The first-order valence-electron chi connectivity index (χ1n) is 28.4. The highest BCUT2D eigenvalue weighted by Gasteiger charge is 2.46. The molecule has 0 fully saturated rings. The summed E-state index contributed by atoms with van der Waals surface area (Å²) in [7, 11) is 0. The van der Waals surface area contributed by atoms with Crippen LogP contribution < -0.4 is 4.90 Å². The van der Waals surface area contributed by atoms with Crippen molar-refractivity contribution >= 4 is 28.2 Å². The molecule has 0 aliphatic heterocycles. The first-order chi connectivity index (χ1) is 38.4. The summed E-state index contributed by atoms with van der Waals surface area (Å²) in [6, 6.07) is 77.1. The fourth-order valence-corrected chi connectivity index (χ4v) is 14.7. The molecular formula is C76H62N2. The number of nitrogens with zero attached hydrogens (tertiary/aromatic N) is 2. The molecule has 1 heterocycles. The van der Waals surface area contributed by atoms with E-state index in [-0.39, 0.29) is 11.5 Å². The quantitative estimate of drug-likeness (QED) is 0.140. The van der Waals surface area contributed by atoms with Crippen LogP contribution in [0.1, 0.15) is 97.0 Å². The van der Waals surface area contributed by atoms with Gasteiger partial charge in [-0.3, -0.25) is 0 Å². The molecule has 0 amide bonds. The molecule has 0 radical (unpaired) electrons. The van der Waals surface area contributed by atoms with E-state index >= 15 is 0 Å². The normalized spacial score (nSPS) is 18.4. The number of rotatable bonds is 9. The summed E-state index contributed by atoms with van der Waals surface area (Å²) in [6.45, 7) is 4.83. The van der Waals surface area contributed by atoms with Gasteiger partial charge in [-0.15, -0.1) is 0 Å². The summed E-state index contributed by atoms with van der Waals surface area (Å²) in [5, 5.41) is 1.35. The van der Waals surface area contributed by atoms with Crippen LogP contribution in [-0.4, -0.2) is 10.6 Å². The minimum atomic E-state index is -0.407. The minimum Gasteiger partial charge on any atom is -0.338 e. The molecule has 2 heteroatoms. The van der Waals surface area contributed by atoms with Crippen LogP contribution in [0.4, 0.5) is 5.69 Å². The zero-order valence-corrected chi connectivity index (χ0v) is 44.6. The van der Waals surface area contributed by atoms with Crippen molar-refractivity contribution in [3.05, 3.63) is 321 Å². The van der Waals surface area contributed by atoms with E-state index in [0.29, 0.717) is 0 Å². The summed E-state index contributed by atoms with van der Waals surface area (Å²) >= 11 is 0. The molecule has 6 aliphatic carbocycles. The highest BCUT2D eigenvalue weighted by molar-refractivity contribution is 5.95. The third-order valence-electron chi connectivity index (χ3n) is 18.4. The lowest BCUT2D eigenvalue weighted by Crippen LogP contribution is -2.35. The van der Waals surface area contributed by atoms with E-state index in [4.69, 9.17) is 0 Å². The lowest BCUT2D eigenvalue weighted by molar-refractivity contribution is 0.637. The maximum absolute atomic E-state index is 2.68. The highest BCUT2D eigenvalue weighted by atomic mass is 15.2. The molecule has 0 saturated carbocycles. The van der Waals surface area contributed by atoms with E-state index in [1.165, 1.54) is 128 Å². The lowest BCUT2D eigenvalue weighted by Gasteiger charge is -2.38. The molecule has 0 bridgehead atoms.